The molecule has 0 bridgehead atoms. The minimum atomic E-state index is -0.216. The number of nitriles is 1. The molecule has 1 aromatic heterocycles. The number of hydrogen-bond donors (Lipinski definition) is 1. The van der Waals surface area contributed by atoms with Crippen molar-refractivity contribution in [1.29, 1.82) is 5.26 Å². The Morgan fingerprint density at radius 3 is 2.81 bits per heavy atom. The predicted octanol–water partition coefficient (Wildman–Crippen LogP) is 5.03. The Bertz CT molecular complexity index is 871. The molecule has 1 aliphatic rings. The maximum absolute atomic E-state index is 12.6. The van der Waals surface area contributed by atoms with Crippen LogP contribution in [0.5, 0.6) is 5.75 Å². The third-order valence-corrected chi connectivity index (χ3v) is 6.33. The van der Waals surface area contributed by atoms with Crippen LogP contribution in [0.3, 0.4) is 0 Å². The fraction of sp³-hybridized carbons (Fsp3) is 0.429. The monoisotopic (exact) mass is 368 g/mol. The molecule has 1 atom stereocenters. The Hall–Kier alpha value is -2.32. The zero-order chi connectivity index (χ0) is 18.9. The van der Waals surface area contributed by atoms with Gasteiger partial charge >= 0.3 is 0 Å². The van der Waals surface area contributed by atoms with Gasteiger partial charge in [-0.15, -0.1) is 11.3 Å². The Morgan fingerprint density at radius 1 is 1.38 bits per heavy atom. The van der Waals surface area contributed by atoms with Crippen molar-refractivity contribution in [3.8, 4) is 11.8 Å². The van der Waals surface area contributed by atoms with Crippen LogP contribution in [0.2, 0.25) is 0 Å². The van der Waals surface area contributed by atoms with Crippen LogP contribution in [0.1, 0.15) is 53.6 Å². The second-order valence-corrected chi connectivity index (χ2v) is 8.92. The summed E-state index contributed by atoms with van der Waals surface area (Å²) in [5.41, 5.74) is 2.53. The summed E-state index contributed by atoms with van der Waals surface area (Å²) >= 11 is 1.55. The average molecular weight is 369 g/mol. The highest BCUT2D eigenvalue weighted by atomic mass is 32.1. The first-order valence-electron chi connectivity index (χ1n) is 8.83. The molecule has 26 heavy (non-hydrogen) atoms. The fourth-order valence-corrected chi connectivity index (χ4v) is 4.74. The third kappa shape index (κ3) is 3.61. The number of nitrogens with zero attached hydrogens (tertiary/aromatic N) is 1. The summed E-state index contributed by atoms with van der Waals surface area (Å²) in [7, 11) is 1.57. The van der Waals surface area contributed by atoms with Gasteiger partial charge in [0.25, 0.3) is 5.91 Å². The van der Waals surface area contributed by atoms with E-state index in [1.807, 2.05) is 0 Å². The van der Waals surface area contributed by atoms with Gasteiger partial charge in [0.15, 0.2) is 0 Å². The molecule has 0 fully saturated rings. The number of methoxy groups -OCH3 is 1. The first kappa shape index (κ1) is 18.5. The van der Waals surface area contributed by atoms with Crippen LogP contribution in [0.15, 0.2) is 24.3 Å². The number of carbonyl (C=O) groups is 1. The van der Waals surface area contributed by atoms with Crippen molar-refractivity contribution in [2.75, 3.05) is 12.4 Å². The highest BCUT2D eigenvalue weighted by molar-refractivity contribution is 7.16. The largest absolute Gasteiger partial charge is 0.497 e. The summed E-state index contributed by atoms with van der Waals surface area (Å²) in [6.07, 6.45) is 2.98. The molecule has 2 aromatic rings. The van der Waals surface area contributed by atoms with Gasteiger partial charge in [-0.05, 0) is 54.4 Å². The van der Waals surface area contributed by atoms with Crippen LogP contribution in [0, 0.1) is 22.7 Å². The molecule has 3 rings (SSSR count). The number of hydrogen-bond acceptors (Lipinski definition) is 4. The molecule has 0 radical (unpaired) electrons. The van der Waals surface area contributed by atoms with E-state index in [9.17, 15) is 10.1 Å². The number of ether oxygens (including phenoxy) is 1. The van der Waals surface area contributed by atoms with E-state index in [2.05, 4.69) is 32.2 Å². The Balaban J connectivity index is 1.86. The molecule has 4 nitrogen and oxygen atoms in total. The molecule has 1 amide bonds. The number of fused-ring (bicyclic) bond motifs is 1. The SMILES string of the molecule is COc1cccc(C(=O)Nc2sc3c(c2C#N)CC[C@@H](C(C)(C)C)C3)c1. The molecule has 5 heteroatoms. The van der Waals surface area contributed by atoms with Gasteiger partial charge in [-0.1, -0.05) is 26.8 Å². The Labute approximate surface area is 158 Å². The lowest BCUT2D eigenvalue weighted by atomic mass is 9.72. The van der Waals surface area contributed by atoms with Crippen molar-refractivity contribution in [2.24, 2.45) is 11.3 Å². The van der Waals surface area contributed by atoms with Gasteiger partial charge in [-0.3, -0.25) is 4.79 Å². The van der Waals surface area contributed by atoms with Crippen molar-refractivity contribution in [1.82, 2.24) is 0 Å². The molecule has 1 aliphatic carbocycles. The number of amides is 1. The Morgan fingerprint density at radius 2 is 2.15 bits per heavy atom. The molecule has 0 unspecified atom stereocenters. The van der Waals surface area contributed by atoms with Crippen LogP contribution in [0.4, 0.5) is 5.00 Å². The lowest BCUT2D eigenvalue weighted by Crippen LogP contribution is -2.26. The number of carbonyl (C=O) groups excluding carboxylic acids is 1. The van der Waals surface area contributed by atoms with Crippen LogP contribution < -0.4 is 10.1 Å². The number of rotatable bonds is 3. The van der Waals surface area contributed by atoms with E-state index in [1.54, 1.807) is 42.7 Å². The quantitative estimate of drug-likeness (QED) is 0.826. The van der Waals surface area contributed by atoms with Gasteiger partial charge in [-0.25, -0.2) is 0 Å². The third-order valence-electron chi connectivity index (χ3n) is 5.16. The van der Waals surface area contributed by atoms with E-state index in [-0.39, 0.29) is 11.3 Å². The Kier molecular flexibility index (Phi) is 5.06. The summed E-state index contributed by atoms with van der Waals surface area (Å²) in [5.74, 6) is 1.02. The van der Waals surface area contributed by atoms with Crippen molar-refractivity contribution >= 4 is 22.2 Å². The smallest absolute Gasteiger partial charge is 0.256 e. The fourth-order valence-electron chi connectivity index (χ4n) is 3.47. The zero-order valence-corrected chi connectivity index (χ0v) is 16.5. The molecular formula is C21H24N2O2S. The van der Waals surface area contributed by atoms with Crippen LogP contribution in [0.25, 0.3) is 0 Å². The number of thiophene rings is 1. The summed E-state index contributed by atoms with van der Waals surface area (Å²) in [5, 5.41) is 13.2. The average Bonchev–Trinajstić information content (AvgIpc) is 2.97. The molecular weight excluding hydrogens is 344 g/mol. The zero-order valence-electron chi connectivity index (χ0n) is 15.7. The van der Waals surface area contributed by atoms with E-state index < -0.39 is 0 Å². The topological polar surface area (TPSA) is 62.1 Å². The molecule has 0 saturated carbocycles. The number of nitrogens with one attached hydrogen (secondary N) is 1. The van der Waals surface area contributed by atoms with Gasteiger partial charge in [0, 0.05) is 10.4 Å². The second kappa shape index (κ2) is 7.13. The lowest BCUT2D eigenvalue weighted by Gasteiger charge is -2.33. The van der Waals surface area contributed by atoms with Crippen molar-refractivity contribution < 1.29 is 9.53 Å². The number of benzene rings is 1. The van der Waals surface area contributed by atoms with Crippen LogP contribution in [-0.2, 0) is 12.8 Å². The predicted molar refractivity (Wildman–Crippen MR) is 105 cm³/mol. The van der Waals surface area contributed by atoms with Gasteiger partial charge < -0.3 is 10.1 Å². The first-order chi connectivity index (χ1) is 12.3. The molecule has 0 aliphatic heterocycles. The van der Waals surface area contributed by atoms with Crippen molar-refractivity contribution in [3.63, 3.8) is 0 Å². The highest BCUT2D eigenvalue weighted by Crippen LogP contribution is 2.44. The summed E-state index contributed by atoms with van der Waals surface area (Å²) in [4.78, 5) is 13.9. The molecule has 1 N–H and O–H groups in total. The maximum Gasteiger partial charge on any atom is 0.256 e. The van der Waals surface area contributed by atoms with Gasteiger partial charge in [0.05, 0.1) is 12.7 Å². The normalized spacial score (nSPS) is 16.5. The molecule has 136 valence electrons. The van der Waals surface area contributed by atoms with Gasteiger partial charge in [0.1, 0.15) is 16.8 Å². The van der Waals surface area contributed by atoms with Gasteiger partial charge in [0.2, 0.25) is 0 Å². The summed E-state index contributed by atoms with van der Waals surface area (Å²) < 4.78 is 5.18. The molecule has 1 aromatic carbocycles. The van der Waals surface area contributed by atoms with Crippen LogP contribution in [-0.4, -0.2) is 13.0 Å². The van der Waals surface area contributed by atoms with Crippen molar-refractivity contribution in [2.45, 2.75) is 40.0 Å². The maximum atomic E-state index is 12.6. The van der Waals surface area contributed by atoms with E-state index in [0.29, 0.717) is 27.8 Å². The first-order valence-corrected chi connectivity index (χ1v) is 9.65. The van der Waals surface area contributed by atoms with E-state index in [4.69, 9.17) is 4.74 Å². The van der Waals surface area contributed by atoms with Crippen LogP contribution >= 0.6 is 11.3 Å². The molecule has 0 saturated heterocycles. The lowest BCUT2D eigenvalue weighted by molar-refractivity contribution is 0.102. The van der Waals surface area contributed by atoms with Crippen molar-refractivity contribution in [3.05, 3.63) is 45.8 Å². The minimum Gasteiger partial charge on any atom is -0.497 e. The van der Waals surface area contributed by atoms with E-state index in [0.717, 1.165) is 24.8 Å². The number of anilines is 1. The molecule has 0 spiro atoms. The van der Waals surface area contributed by atoms with E-state index >= 15 is 0 Å². The van der Waals surface area contributed by atoms with E-state index in [1.165, 1.54) is 4.88 Å². The van der Waals surface area contributed by atoms with Gasteiger partial charge in [-0.2, -0.15) is 5.26 Å². The highest BCUT2D eigenvalue weighted by Gasteiger charge is 2.32. The standard InChI is InChI=1S/C21H24N2O2S/c1-21(2,3)14-8-9-16-17(12-22)20(26-18(16)11-14)23-19(24)13-6-5-7-15(10-13)25-4/h5-7,10,14H,8-9,11H2,1-4H3,(H,23,24)/t14-/m1/s1. The summed E-state index contributed by atoms with van der Waals surface area (Å²) in [6.45, 7) is 6.81. The molecule has 1 heterocycles. The second-order valence-electron chi connectivity index (χ2n) is 7.81. The summed E-state index contributed by atoms with van der Waals surface area (Å²) in [6, 6.07) is 9.33. The minimum absolute atomic E-state index is 0.216.